The summed E-state index contributed by atoms with van der Waals surface area (Å²) in [7, 11) is 0. The summed E-state index contributed by atoms with van der Waals surface area (Å²) < 4.78 is 0. The Labute approximate surface area is 155 Å². The second-order valence-electron chi connectivity index (χ2n) is 5.71. The minimum Gasteiger partial charge on any atom is -0.506 e. The van der Waals surface area contributed by atoms with Crippen molar-refractivity contribution in [2.45, 2.75) is 0 Å². The van der Waals surface area contributed by atoms with Crippen LogP contribution in [0.25, 0.3) is 0 Å². The van der Waals surface area contributed by atoms with E-state index in [-0.39, 0.29) is 17.0 Å². The predicted molar refractivity (Wildman–Crippen MR) is 103 cm³/mol. The molecule has 7 N–H and O–H groups in total. The molecule has 0 saturated carbocycles. The van der Waals surface area contributed by atoms with Crippen molar-refractivity contribution in [1.29, 1.82) is 0 Å². The zero-order valence-electron chi connectivity index (χ0n) is 14.1. The molecule has 0 unspecified atom stereocenters. The Morgan fingerprint density at radius 3 is 2.26 bits per heavy atom. The van der Waals surface area contributed by atoms with Gasteiger partial charge < -0.3 is 27.2 Å². The molecule has 0 bridgehead atoms. The Morgan fingerprint density at radius 2 is 1.59 bits per heavy atom. The summed E-state index contributed by atoms with van der Waals surface area (Å²) in [5.74, 6) is -0.979. The Hall–Kier alpha value is -4.18. The predicted octanol–water partition coefficient (Wildman–Crippen LogP) is 2.66. The van der Waals surface area contributed by atoms with Crippen LogP contribution < -0.4 is 22.1 Å². The molecular weight excluding hydrogens is 344 g/mol. The average molecular weight is 360 g/mol. The monoisotopic (exact) mass is 360 g/mol. The fourth-order valence-corrected chi connectivity index (χ4v) is 2.27. The molecule has 0 saturated heterocycles. The molecule has 0 aliphatic carbocycles. The van der Waals surface area contributed by atoms with Crippen LogP contribution in [0.15, 0.2) is 54.6 Å². The summed E-state index contributed by atoms with van der Waals surface area (Å²) in [4.78, 5) is 24.5. The SMILES string of the molecule is Nc1c#cc(C(=O)Nc2ccc(O)c(NC(=O)c3ccc(N)cc3)c2)cc1. The second-order valence-corrected chi connectivity index (χ2v) is 5.71. The van der Waals surface area contributed by atoms with Crippen LogP contribution in [0, 0.1) is 12.1 Å². The van der Waals surface area contributed by atoms with Crippen LogP contribution in [0.3, 0.4) is 0 Å². The van der Waals surface area contributed by atoms with Crippen molar-refractivity contribution >= 4 is 34.6 Å². The van der Waals surface area contributed by atoms with Crippen LogP contribution in [-0.4, -0.2) is 16.9 Å². The first kappa shape index (κ1) is 17.6. The van der Waals surface area contributed by atoms with E-state index >= 15 is 0 Å². The van der Waals surface area contributed by atoms with Gasteiger partial charge in [0.2, 0.25) is 0 Å². The van der Waals surface area contributed by atoms with E-state index in [1.54, 1.807) is 30.3 Å². The molecule has 3 rings (SSSR count). The maximum atomic E-state index is 12.3. The van der Waals surface area contributed by atoms with Gasteiger partial charge >= 0.3 is 0 Å². The van der Waals surface area contributed by atoms with E-state index in [2.05, 4.69) is 22.8 Å². The Morgan fingerprint density at radius 1 is 0.852 bits per heavy atom. The molecule has 0 heterocycles. The molecule has 134 valence electrons. The van der Waals surface area contributed by atoms with Gasteiger partial charge in [0, 0.05) is 16.9 Å². The number of nitrogens with two attached hydrogens (primary N) is 2. The largest absolute Gasteiger partial charge is 0.506 e. The molecule has 0 atom stereocenters. The first-order valence-electron chi connectivity index (χ1n) is 7.93. The lowest BCUT2D eigenvalue weighted by Crippen LogP contribution is -2.14. The number of carbonyl (C=O) groups excluding carboxylic acids is 2. The highest BCUT2D eigenvalue weighted by Gasteiger charge is 2.12. The Kier molecular flexibility index (Phi) is 4.82. The molecule has 0 spiro atoms. The van der Waals surface area contributed by atoms with Crippen molar-refractivity contribution < 1.29 is 14.7 Å². The van der Waals surface area contributed by atoms with Gasteiger partial charge in [0.1, 0.15) is 5.75 Å². The van der Waals surface area contributed by atoms with Gasteiger partial charge in [-0.05, 0) is 60.7 Å². The minimum absolute atomic E-state index is 0.135. The number of nitrogens with one attached hydrogen (secondary N) is 2. The number of phenolic OH excluding ortho intramolecular Hbond substituents is 1. The number of aromatic hydroxyl groups is 1. The van der Waals surface area contributed by atoms with Gasteiger partial charge in [0.05, 0.1) is 16.9 Å². The van der Waals surface area contributed by atoms with Gasteiger partial charge in [-0.25, -0.2) is 0 Å². The number of carbonyl (C=O) groups is 2. The first-order valence-corrected chi connectivity index (χ1v) is 7.93. The normalized spacial score (nSPS) is 9.93. The van der Waals surface area contributed by atoms with Crippen LogP contribution in [0.5, 0.6) is 5.75 Å². The molecule has 0 fully saturated rings. The number of anilines is 4. The lowest BCUT2D eigenvalue weighted by Gasteiger charge is -2.10. The maximum Gasteiger partial charge on any atom is 0.264 e. The highest BCUT2D eigenvalue weighted by atomic mass is 16.3. The fraction of sp³-hybridized carbons (Fsp3) is 0. The summed E-state index contributed by atoms with van der Waals surface area (Å²) in [5, 5.41) is 15.2. The molecule has 3 aromatic carbocycles. The van der Waals surface area contributed by atoms with Crippen molar-refractivity contribution in [3.8, 4) is 5.75 Å². The molecule has 0 radical (unpaired) electrons. The molecule has 3 aromatic rings. The van der Waals surface area contributed by atoms with Crippen molar-refractivity contribution in [3.63, 3.8) is 0 Å². The van der Waals surface area contributed by atoms with E-state index in [0.717, 1.165) is 0 Å². The number of hydrogen-bond acceptors (Lipinski definition) is 5. The number of benzene rings is 2. The topological polar surface area (TPSA) is 130 Å². The van der Waals surface area contributed by atoms with Crippen LogP contribution in [0.4, 0.5) is 22.7 Å². The van der Waals surface area contributed by atoms with Gasteiger partial charge in [0.15, 0.2) is 0 Å². The smallest absolute Gasteiger partial charge is 0.264 e. The van der Waals surface area contributed by atoms with Crippen molar-refractivity contribution in [2.75, 3.05) is 22.1 Å². The van der Waals surface area contributed by atoms with E-state index in [0.29, 0.717) is 22.6 Å². The Bertz CT molecular complexity index is 983. The third-order valence-corrected chi connectivity index (χ3v) is 3.69. The molecule has 7 heteroatoms. The zero-order chi connectivity index (χ0) is 19.4. The Balaban J connectivity index is 1.75. The summed E-state index contributed by atoms with van der Waals surface area (Å²) >= 11 is 0. The van der Waals surface area contributed by atoms with Gasteiger partial charge in [-0.3, -0.25) is 9.59 Å². The summed E-state index contributed by atoms with van der Waals surface area (Å²) in [6, 6.07) is 19.0. The summed E-state index contributed by atoms with van der Waals surface area (Å²) in [5.41, 5.74) is 13.2. The van der Waals surface area contributed by atoms with Gasteiger partial charge in [0.25, 0.3) is 11.8 Å². The number of amides is 2. The number of hydrogen-bond donors (Lipinski definition) is 5. The number of phenols is 1. The summed E-state index contributed by atoms with van der Waals surface area (Å²) in [6.45, 7) is 0. The minimum atomic E-state index is -0.423. The molecular formula is C20H16N4O3. The third kappa shape index (κ3) is 4.27. The third-order valence-electron chi connectivity index (χ3n) is 3.69. The van der Waals surface area contributed by atoms with Crippen molar-refractivity contribution in [1.82, 2.24) is 0 Å². The highest BCUT2D eigenvalue weighted by Crippen LogP contribution is 2.27. The van der Waals surface area contributed by atoms with Gasteiger partial charge in [-0.1, -0.05) is 6.07 Å². The van der Waals surface area contributed by atoms with Crippen LogP contribution in [0.1, 0.15) is 20.7 Å². The van der Waals surface area contributed by atoms with Crippen LogP contribution in [-0.2, 0) is 0 Å². The zero-order valence-corrected chi connectivity index (χ0v) is 14.1. The molecule has 0 aromatic heterocycles. The summed E-state index contributed by atoms with van der Waals surface area (Å²) in [6.07, 6.45) is 0. The van der Waals surface area contributed by atoms with E-state index in [1.165, 1.54) is 24.3 Å². The standard InChI is InChI=1S/C20H16N4O3/c21-14-5-1-12(2-6-14)19(26)23-16-9-10-18(25)17(11-16)24-20(27)13-3-7-15(22)8-4-13/h1,3-5,7-11,25H,21-22H2,(H,23,26)(H,24,27). The van der Waals surface area contributed by atoms with Crippen LogP contribution >= 0.6 is 0 Å². The first-order chi connectivity index (χ1) is 12.9. The number of nitrogen functional groups attached to an aromatic ring is 2. The van der Waals surface area contributed by atoms with Gasteiger partial charge in [-0.15, -0.1) is 0 Å². The highest BCUT2D eigenvalue weighted by molar-refractivity contribution is 6.07. The van der Waals surface area contributed by atoms with E-state index in [9.17, 15) is 14.7 Å². The molecule has 27 heavy (non-hydrogen) atoms. The van der Waals surface area contributed by atoms with E-state index < -0.39 is 11.8 Å². The van der Waals surface area contributed by atoms with Crippen LogP contribution in [0.2, 0.25) is 0 Å². The van der Waals surface area contributed by atoms with E-state index in [1.807, 2.05) is 0 Å². The lowest BCUT2D eigenvalue weighted by molar-refractivity contribution is 0.101. The second kappa shape index (κ2) is 7.37. The average Bonchev–Trinajstić information content (AvgIpc) is 2.65. The maximum absolute atomic E-state index is 12.3. The molecule has 0 aliphatic heterocycles. The van der Waals surface area contributed by atoms with Crippen molar-refractivity contribution in [2.24, 2.45) is 0 Å². The van der Waals surface area contributed by atoms with Gasteiger partial charge in [-0.2, -0.15) is 0 Å². The quantitative estimate of drug-likeness (QED) is 0.277. The molecule has 7 nitrogen and oxygen atoms in total. The van der Waals surface area contributed by atoms with Crippen molar-refractivity contribution in [3.05, 3.63) is 77.9 Å². The number of rotatable bonds is 4. The fourth-order valence-electron chi connectivity index (χ4n) is 2.27. The molecule has 0 aliphatic rings. The molecule has 2 amide bonds. The van der Waals surface area contributed by atoms with E-state index in [4.69, 9.17) is 11.5 Å². The lowest BCUT2D eigenvalue weighted by atomic mass is 10.2.